The zero-order valence-electron chi connectivity index (χ0n) is 17.0. The van der Waals surface area contributed by atoms with Crippen molar-refractivity contribution < 1.29 is 19.1 Å². The summed E-state index contributed by atoms with van der Waals surface area (Å²) in [5.74, 6) is -0.643. The SMILES string of the molecule is CCCC(C(=O)OCC)N1C(=O)COC(c2ccc(Cl)cc2)C1c1ccc(Cl)cc1. The zero-order chi connectivity index (χ0) is 21.7. The number of hydrogen-bond acceptors (Lipinski definition) is 4. The predicted molar refractivity (Wildman–Crippen MR) is 117 cm³/mol. The van der Waals surface area contributed by atoms with Crippen LogP contribution < -0.4 is 0 Å². The van der Waals surface area contributed by atoms with E-state index in [-0.39, 0.29) is 19.1 Å². The Balaban J connectivity index is 2.10. The minimum atomic E-state index is -0.693. The number of morpholine rings is 1. The molecule has 1 heterocycles. The summed E-state index contributed by atoms with van der Waals surface area (Å²) in [6.45, 7) is 3.88. The molecule has 0 saturated carbocycles. The van der Waals surface area contributed by atoms with Crippen LogP contribution in [0, 0.1) is 0 Å². The minimum Gasteiger partial charge on any atom is -0.464 e. The number of halogens is 2. The maximum absolute atomic E-state index is 13.0. The number of carbonyl (C=O) groups excluding carboxylic acids is 2. The standard InChI is InChI=1S/C23H25Cl2NO4/c1-3-5-19(23(28)29-4-2)26-20(27)14-30-22(16-8-12-18(25)13-9-16)21(26)15-6-10-17(24)11-7-15/h6-13,19,21-22H,3-5,14H2,1-2H3. The Hall–Kier alpha value is -2.08. The Labute approximate surface area is 186 Å². The second-order valence-corrected chi connectivity index (χ2v) is 8.01. The summed E-state index contributed by atoms with van der Waals surface area (Å²) in [7, 11) is 0. The van der Waals surface area contributed by atoms with Gasteiger partial charge in [0.1, 0.15) is 18.8 Å². The summed E-state index contributed by atoms with van der Waals surface area (Å²) in [6, 6.07) is 13.4. The van der Waals surface area contributed by atoms with Gasteiger partial charge in [-0.15, -0.1) is 0 Å². The molecule has 160 valence electrons. The van der Waals surface area contributed by atoms with Gasteiger partial charge in [-0.1, -0.05) is 60.8 Å². The molecule has 0 aromatic heterocycles. The van der Waals surface area contributed by atoms with Gasteiger partial charge in [0.25, 0.3) is 0 Å². The predicted octanol–water partition coefficient (Wildman–Crippen LogP) is 5.37. The molecule has 1 saturated heterocycles. The highest BCUT2D eigenvalue weighted by Gasteiger charge is 2.44. The Morgan fingerprint density at radius 1 is 1.07 bits per heavy atom. The van der Waals surface area contributed by atoms with Crippen molar-refractivity contribution in [1.82, 2.24) is 4.90 Å². The Morgan fingerprint density at radius 2 is 1.63 bits per heavy atom. The van der Waals surface area contributed by atoms with Crippen molar-refractivity contribution in [1.29, 1.82) is 0 Å². The average Bonchev–Trinajstić information content (AvgIpc) is 2.74. The Morgan fingerprint density at radius 3 is 2.17 bits per heavy atom. The van der Waals surface area contributed by atoms with E-state index in [1.54, 1.807) is 36.1 Å². The first-order chi connectivity index (χ1) is 14.5. The molecule has 7 heteroatoms. The van der Waals surface area contributed by atoms with Crippen LogP contribution in [0.5, 0.6) is 0 Å². The van der Waals surface area contributed by atoms with Crippen LogP contribution in [-0.2, 0) is 19.1 Å². The molecule has 1 amide bonds. The topological polar surface area (TPSA) is 55.8 Å². The van der Waals surface area contributed by atoms with Gasteiger partial charge in [0.05, 0.1) is 12.6 Å². The van der Waals surface area contributed by atoms with E-state index in [1.165, 1.54) is 0 Å². The molecule has 2 aromatic carbocycles. The van der Waals surface area contributed by atoms with Crippen molar-refractivity contribution in [3.63, 3.8) is 0 Å². The molecule has 0 radical (unpaired) electrons. The van der Waals surface area contributed by atoms with E-state index in [0.29, 0.717) is 16.5 Å². The van der Waals surface area contributed by atoms with Gasteiger partial charge in [0, 0.05) is 10.0 Å². The van der Waals surface area contributed by atoms with Gasteiger partial charge in [0.2, 0.25) is 5.91 Å². The third-order valence-corrected chi connectivity index (χ3v) is 5.63. The summed E-state index contributed by atoms with van der Waals surface area (Å²) < 4.78 is 11.3. The number of esters is 1. The van der Waals surface area contributed by atoms with Crippen LogP contribution in [-0.4, -0.2) is 36.0 Å². The van der Waals surface area contributed by atoms with E-state index in [0.717, 1.165) is 17.5 Å². The largest absolute Gasteiger partial charge is 0.464 e. The van der Waals surface area contributed by atoms with E-state index in [1.807, 2.05) is 31.2 Å². The highest BCUT2D eigenvalue weighted by Crippen LogP contribution is 2.42. The number of nitrogens with zero attached hydrogens (tertiary/aromatic N) is 1. The van der Waals surface area contributed by atoms with Crippen molar-refractivity contribution in [2.75, 3.05) is 13.2 Å². The smallest absolute Gasteiger partial charge is 0.328 e. The molecular formula is C23H25Cl2NO4. The maximum Gasteiger partial charge on any atom is 0.328 e. The fraction of sp³-hybridized carbons (Fsp3) is 0.391. The quantitative estimate of drug-likeness (QED) is 0.533. The average molecular weight is 450 g/mol. The summed E-state index contributed by atoms with van der Waals surface area (Å²) in [5.41, 5.74) is 1.70. The van der Waals surface area contributed by atoms with Gasteiger partial charge >= 0.3 is 5.97 Å². The summed E-state index contributed by atoms with van der Waals surface area (Å²) in [5, 5.41) is 1.20. The fourth-order valence-electron chi connectivity index (χ4n) is 3.80. The molecule has 3 atom stereocenters. The molecule has 1 aliphatic rings. The second kappa shape index (κ2) is 10.3. The highest BCUT2D eigenvalue weighted by atomic mass is 35.5. The summed E-state index contributed by atoms with van der Waals surface area (Å²) >= 11 is 12.1. The summed E-state index contributed by atoms with van der Waals surface area (Å²) in [6.07, 6.45) is 0.768. The molecule has 2 aromatic rings. The van der Waals surface area contributed by atoms with Crippen molar-refractivity contribution in [3.05, 3.63) is 69.7 Å². The molecule has 5 nitrogen and oxygen atoms in total. The molecule has 3 unspecified atom stereocenters. The van der Waals surface area contributed by atoms with Crippen LogP contribution in [0.15, 0.2) is 48.5 Å². The lowest BCUT2D eigenvalue weighted by molar-refractivity contribution is -0.174. The number of ether oxygens (including phenoxy) is 2. The number of amides is 1. The van der Waals surface area contributed by atoms with E-state index >= 15 is 0 Å². The Bertz CT molecular complexity index is 870. The fourth-order valence-corrected chi connectivity index (χ4v) is 4.06. The van der Waals surface area contributed by atoms with Gasteiger partial charge in [-0.05, 0) is 48.7 Å². The Kier molecular flexibility index (Phi) is 7.75. The second-order valence-electron chi connectivity index (χ2n) is 7.14. The van der Waals surface area contributed by atoms with Crippen LogP contribution >= 0.6 is 23.2 Å². The highest BCUT2D eigenvalue weighted by molar-refractivity contribution is 6.30. The van der Waals surface area contributed by atoms with Gasteiger partial charge in [0.15, 0.2) is 0 Å². The molecule has 1 aliphatic heterocycles. The number of carbonyl (C=O) groups is 2. The van der Waals surface area contributed by atoms with E-state index in [9.17, 15) is 9.59 Å². The molecule has 0 aliphatic carbocycles. The lowest BCUT2D eigenvalue weighted by Crippen LogP contribution is -2.53. The molecule has 1 fully saturated rings. The molecule has 3 rings (SSSR count). The number of rotatable bonds is 7. The first-order valence-corrected chi connectivity index (χ1v) is 10.8. The van der Waals surface area contributed by atoms with Crippen LogP contribution in [0.2, 0.25) is 10.0 Å². The minimum absolute atomic E-state index is 0.114. The number of benzene rings is 2. The van der Waals surface area contributed by atoms with Crippen molar-refractivity contribution >= 4 is 35.1 Å². The van der Waals surface area contributed by atoms with Crippen LogP contribution in [0.4, 0.5) is 0 Å². The molecule has 0 spiro atoms. The van der Waals surface area contributed by atoms with Crippen molar-refractivity contribution in [2.45, 2.75) is 44.9 Å². The van der Waals surface area contributed by atoms with E-state index in [4.69, 9.17) is 32.7 Å². The monoisotopic (exact) mass is 449 g/mol. The third-order valence-electron chi connectivity index (χ3n) is 5.13. The summed E-state index contributed by atoms with van der Waals surface area (Å²) in [4.78, 5) is 27.5. The maximum atomic E-state index is 13.0. The van der Waals surface area contributed by atoms with Gasteiger partial charge in [-0.3, -0.25) is 4.79 Å². The third kappa shape index (κ3) is 4.97. The molecule has 0 bridgehead atoms. The molecule has 0 N–H and O–H groups in total. The first-order valence-electron chi connectivity index (χ1n) is 10.1. The van der Waals surface area contributed by atoms with Crippen LogP contribution in [0.1, 0.15) is 50.0 Å². The van der Waals surface area contributed by atoms with Crippen molar-refractivity contribution in [2.24, 2.45) is 0 Å². The van der Waals surface area contributed by atoms with Crippen molar-refractivity contribution in [3.8, 4) is 0 Å². The lowest BCUT2D eigenvalue weighted by atomic mass is 9.90. The first kappa shape index (κ1) is 22.6. The van der Waals surface area contributed by atoms with Gasteiger partial charge in [-0.2, -0.15) is 0 Å². The number of hydrogen-bond donors (Lipinski definition) is 0. The molecule has 30 heavy (non-hydrogen) atoms. The lowest BCUT2D eigenvalue weighted by Gasteiger charge is -2.44. The van der Waals surface area contributed by atoms with Crippen LogP contribution in [0.3, 0.4) is 0 Å². The van der Waals surface area contributed by atoms with Crippen LogP contribution in [0.25, 0.3) is 0 Å². The zero-order valence-corrected chi connectivity index (χ0v) is 18.5. The van der Waals surface area contributed by atoms with Gasteiger partial charge in [-0.25, -0.2) is 4.79 Å². The van der Waals surface area contributed by atoms with E-state index < -0.39 is 24.2 Å². The van der Waals surface area contributed by atoms with Gasteiger partial charge < -0.3 is 14.4 Å². The van der Waals surface area contributed by atoms with E-state index in [2.05, 4.69) is 0 Å². The normalized spacial score (nSPS) is 20.1. The molecular weight excluding hydrogens is 425 g/mol.